The number of rotatable bonds is 5. The molecule has 1 N–H and O–H groups in total. The highest BCUT2D eigenvalue weighted by molar-refractivity contribution is 7.11. The van der Waals surface area contributed by atoms with E-state index in [0.717, 1.165) is 35.2 Å². The summed E-state index contributed by atoms with van der Waals surface area (Å²) >= 11 is 1.65. The normalized spacial score (nSPS) is 18.6. The number of hydrogen-bond donors (Lipinski definition) is 1. The van der Waals surface area contributed by atoms with E-state index in [9.17, 15) is 0 Å². The van der Waals surface area contributed by atoms with E-state index in [1.165, 1.54) is 5.56 Å². The fourth-order valence-corrected chi connectivity index (χ4v) is 3.22. The van der Waals surface area contributed by atoms with Crippen molar-refractivity contribution in [2.75, 3.05) is 6.54 Å². The minimum atomic E-state index is 0.0250. The van der Waals surface area contributed by atoms with Gasteiger partial charge < -0.3 is 10.1 Å². The Bertz CT molecular complexity index is 559. The van der Waals surface area contributed by atoms with Crippen molar-refractivity contribution in [3.8, 4) is 5.75 Å². The molecule has 1 aromatic carbocycles. The maximum Gasteiger partial charge on any atom is 0.158 e. The number of para-hydroxylation sites is 1. The van der Waals surface area contributed by atoms with Gasteiger partial charge in [-0.1, -0.05) is 36.5 Å². The molecule has 0 bridgehead atoms. The van der Waals surface area contributed by atoms with Crippen molar-refractivity contribution in [1.29, 1.82) is 0 Å². The van der Waals surface area contributed by atoms with E-state index in [2.05, 4.69) is 35.4 Å². The van der Waals surface area contributed by atoms with E-state index in [4.69, 9.17) is 4.74 Å². The molecule has 106 valence electrons. The molecule has 0 amide bonds. The van der Waals surface area contributed by atoms with Crippen molar-refractivity contribution < 1.29 is 4.74 Å². The Kier molecular flexibility index (Phi) is 3.98. The van der Waals surface area contributed by atoms with Crippen LogP contribution < -0.4 is 10.1 Å². The van der Waals surface area contributed by atoms with Crippen molar-refractivity contribution in [1.82, 2.24) is 15.5 Å². The number of hydrogen-bond acceptors (Lipinski definition) is 5. The van der Waals surface area contributed by atoms with Gasteiger partial charge in [-0.25, -0.2) is 0 Å². The lowest BCUT2D eigenvalue weighted by molar-refractivity contribution is 0.237. The lowest BCUT2D eigenvalue weighted by Gasteiger charge is -2.08. The third kappa shape index (κ3) is 2.69. The zero-order valence-electron chi connectivity index (χ0n) is 11.8. The summed E-state index contributed by atoms with van der Waals surface area (Å²) in [6, 6.07) is 8.44. The first-order chi connectivity index (χ1) is 9.78. The molecule has 3 rings (SSSR count). The highest BCUT2D eigenvalue weighted by Gasteiger charge is 2.27. The minimum absolute atomic E-state index is 0.0250. The van der Waals surface area contributed by atoms with E-state index in [0.29, 0.717) is 0 Å². The number of benzene rings is 1. The Balaban J connectivity index is 1.69. The molecule has 0 saturated carbocycles. The quantitative estimate of drug-likeness (QED) is 0.917. The number of ether oxygens (including phenoxy) is 1. The van der Waals surface area contributed by atoms with Crippen molar-refractivity contribution >= 4 is 11.3 Å². The molecule has 1 aromatic heterocycles. The summed E-state index contributed by atoms with van der Waals surface area (Å²) in [6.45, 7) is 5.29. The van der Waals surface area contributed by atoms with Crippen molar-refractivity contribution in [2.45, 2.75) is 38.8 Å². The predicted molar refractivity (Wildman–Crippen MR) is 80.1 cm³/mol. The van der Waals surface area contributed by atoms with Gasteiger partial charge in [0.05, 0.1) is 6.04 Å². The van der Waals surface area contributed by atoms with Crippen molar-refractivity contribution in [3.05, 3.63) is 39.8 Å². The molecule has 2 unspecified atom stereocenters. The molecule has 5 heteroatoms. The Morgan fingerprint density at radius 2 is 2.25 bits per heavy atom. The highest BCUT2D eigenvalue weighted by Crippen LogP contribution is 2.37. The van der Waals surface area contributed by atoms with Gasteiger partial charge in [0.15, 0.2) is 11.1 Å². The number of nitrogens with one attached hydrogen (secondary N) is 1. The smallest absolute Gasteiger partial charge is 0.158 e. The van der Waals surface area contributed by atoms with Crippen LogP contribution in [0.5, 0.6) is 5.75 Å². The summed E-state index contributed by atoms with van der Waals surface area (Å²) in [4.78, 5) is 0. The monoisotopic (exact) mass is 289 g/mol. The first-order valence-corrected chi connectivity index (χ1v) is 7.90. The molecule has 0 saturated heterocycles. The molecule has 4 nitrogen and oxygen atoms in total. The number of nitrogens with zero attached hydrogens (tertiary/aromatic N) is 2. The maximum atomic E-state index is 5.95. The summed E-state index contributed by atoms with van der Waals surface area (Å²) in [5.74, 6) is 0.978. The second-order valence-electron chi connectivity index (χ2n) is 5.07. The first kappa shape index (κ1) is 13.5. The number of aromatic nitrogens is 2. The van der Waals surface area contributed by atoms with Crippen molar-refractivity contribution in [2.24, 2.45) is 0 Å². The number of fused-ring (bicyclic) bond motifs is 1. The van der Waals surface area contributed by atoms with Crippen LogP contribution in [0.3, 0.4) is 0 Å². The summed E-state index contributed by atoms with van der Waals surface area (Å²) < 4.78 is 5.95. The van der Waals surface area contributed by atoms with Gasteiger partial charge >= 0.3 is 0 Å². The van der Waals surface area contributed by atoms with E-state index in [-0.39, 0.29) is 12.1 Å². The summed E-state index contributed by atoms with van der Waals surface area (Å²) in [6.07, 6.45) is 2.04. The fraction of sp³-hybridized carbons (Fsp3) is 0.467. The Morgan fingerprint density at radius 1 is 1.40 bits per heavy atom. The van der Waals surface area contributed by atoms with Crippen LogP contribution in [0.1, 0.15) is 48.0 Å². The molecule has 2 aromatic rings. The van der Waals surface area contributed by atoms with Crippen LogP contribution in [0.4, 0.5) is 0 Å². The molecular weight excluding hydrogens is 270 g/mol. The third-order valence-corrected chi connectivity index (χ3v) is 4.65. The van der Waals surface area contributed by atoms with Gasteiger partial charge in [-0.3, -0.25) is 0 Å². The van der Waals surface area contributed by atoms with Gasteiger partial charge in [0, 0.05) is 6.42 Å². The van der Waals surface area contributed by atoms with Crippen LogP contribution >= 0.6 is 11.3 Å². The lowest BCUT2D eigenvalue weighted by atomic mass is 10.1. The van der Waals surface area contributed by atoms with Crippen LogP contribution in [0.15, 0.2) is 24.3 Å². The standard InChI is InChI=1S/C15H19N3OS/c1-3-8-16-10(2)14-17-18-15(20-14)13-9-11-6-4-5-7-12(11)19-13/h4-7,10,13,16H,3,8-9H2,1-2H3. The predicted octanol–water partition coefficient (Wildman–Crippen LogP) is 3.27. The van der Waals surface area contributed by atoms with Gasteiger partial charge in [-0.2, -0.15) is 0 Å². The lowest BCUT2D eigenvalue weighted by Crippen LogP contribution is -2.19. The topological polar surface area (TPSA) is 47.0 Å². The Hall–Kier alpha value is -1.46. The van der Waals surface area contributed by atoms with Gasteiger partial charge in [-0.05, 0) is 31.5 Å². The van der Waals surface area contributed by atoms with Crippen LogP contribution in [-0.4, -0.2) is 16.7 Å². The van der Waals surface area contributed by atoms with Crippen molar-refractivity contribution in [3.63, 3.8) is 0 Å². The molecule has 2 heterocycles. The minimum Gasteiger partial charge on any atom is -0.483 e. The third-order valence-electron chi connectivity index (χ3n) is 3.45. The molecular formula is C15H19N3OS. The molecule has 0 radical (unpaired) electrons. The van der Waals surface area contributed by atoms with E-state index < -0.39 is 0 Å². The van der Waals surface area contributed by atoms with Gasteiger partial charge in [-0.15, -0.1) is 10.2 Å². The Morgan fingerprint density at radius 3 is 3.05 bits per heavy atom. The summed E-state index contributed by atoms with van der Waals surface area (Å²) in [5, 5.41) is 14.1. The molecule has 1 aliphatic rings. The molecule has 0 spiro atoms. The van der Waals surface area contributed by atoms with E-state index >= 15 is 0 Å². The highest BCUT2D eigenvalue weighted by atomic mass is 32.1. The zero-order chi connectivity index (χ0) is 13.9. The molecule has 2 atom stereocenters. The molecule has 1 aliphatic heterocycles. The fourth-order valence-electron chi connectivity index (χ4n) is 2.32. The molecule has 0 aliphatic carbocycles. The Labute approximate surface area is 123 Å². The molecule has 0 fully saturated rings. The maximum absolute atomic E-state index is 5.95. The van der Waals surface area contributed by atoms with Crippen LogP contribution in [0.25, 0.3) is 0 Å². The average molecular weight is 289 g/mol. The first-order valence-electron chi connectivity index (χ1n) is 7.09. The van der Waals surface area contributed by atoms with E-state index in [1.54, 1.807) is 11.3 Å². The van der Waals surface area contributed by atoms with Gasteiger partial charge in [0.1, 0.15) is 10.8 Å². The largest absolute Gasteiger partial charge is 0.483 e. The average Bonchev–Trinajstić information content (AvgIpc) is 3.10. The zero-order valence-corrected chi connectivity index (χ0v) is 12.6. The van der Waals surface area contributed by atoms with Crippen LogP contribution in [0.2, 0.25) is 0 Å². The van der Waals surface area contributed by atoms with Crippen LogP contribution in [-0.2, 0) is 6.42 Å². The summed E-state index contributed by atoms with van der Waals surface area (Å²) in [7, 11) is 0. The second-order valence-corrected chi connectivity index (χ2v) is 6.11. The van der Waals surface area contributed by atoms with Gasteiger partial charge in [0.2, 0.25) is 0 Å². The second kappa shape index (κ2) is 5.89. The van der Waals surface area contributed by atoms with Crippen LogP contribution in [0, 0.1) is 0 Å². The molecule has 20 heavy (non-hydrogen) atoms. The van der Waals surface area contributed by atoms with Gasteiger partial charge in [0.25, 0.3) is 0 Å². The summed E-state index contributed by atoms with van der Waals surface area (Å²) in [5.41, 5.74) is 1.26. The SMILES string of the molecule is CCCNC(C)c1nnc(C2Cc3ccccc3O2)s1. The van der Waals surface area contributed by atoms with E-state index in [1.807, 2.05) is 18.2 Å².